The summed E-state index contributed by atoms with van der Waals surface area (Å²) in [6.07, 6.45) is 0. The van der Waals surface area contributed by atoms with Crippen LogP contribution in [0.1, 0.15) is 0 Å². The van der Waals surface area contributed by atoms with Gasteiger partial charge in [-0.2, -0.15) is 0 Å². The van der Waals surface area contributed by atoms with Gasteiger partial charge in [0.2, 0.25) is 0 Å². The summed E-state index contributed by atoms with van der Waals surface area (Å²) >= 11 is 5.89. The van der Waals surface area contributed by atoms with Gasteiger partial charge in [-0.15, -0.1) is 0 Å². The predicted octanol–water partition coefficient (Wildman–Crippen LogP) is 1.65. The van der Waals surface area contributed by atoms with E-state index >= 15 is 0 Å². The summed E-state index contributed by atoms with van der Waals surface area (Å²) in [5.41, 5.74) is 0.00327. The first kappa shape index (κ1) is 9.73. The van der Waals surface area contributed by atoms with Gasteiger partial charge in [-0.3, -0.25) is 9.78 Å². The van der Waals surface area contributed by atoms with Crippen molar-refractivity contribution in [2.24, 2.45) is 0 Å². The van der Waals surface area contributed by atoms with Gasteiger partial charge in [0.15, 0.2) is 0 Å². The van der Waals surface area contributed by atoms with Crippen LogP contribution in [0.5, 0.6) is 0 Å². The number of aromatic nitrogens is 1. The Morgan fingerprint density at radius 3 is 2.60 bits per heavy atom. The Kier molecular flexibility index (Phi) is 2.43. The van der Waals surface area contributed by atoms with Gasteiger partial charge in [-0.25, -0.2) is 4.79 Å². The Morgan fingerprint density at radius 2 is 1.93 bits per heavy atom. The first-order valence-corrected chi connectivity index (χ1v) is 4.54. The molecule has 0 amide bonds. The fraction of sp³-hybridized carbons (Fsp3) is 0. The van der Waals surface area contributed by atoms with Crippen LogP contribution in [0.2, 0.25) is 5.02 Å². The molecule has 1 aromatic carbocycles. The molecule has 0 atom stereocenters. The molecule has 2 rings (SSSR count). The van der Waals surface area contributed by atoms with Gasteiger partial charge < -0.3 is 4.42 Å². The fourth-order valence-corrected chi connectivity index (χ4v) is 1.43. The third-order valence-corrected chi connectivity index (χ3v) is 2.16. The molecule has 76 valence electrons. The van der Waals surface area contributed by atoms with Crippen LogP contribution in [0.25, 0.3) is 11.3 Å². The number of aromatic amines is 1. The second-order valence-corrected chi connectivity index (χ2v) is 3.27. The van der Waals surface area contributed by atoms with Crippen LogP contribution in [0, 0.1) is 0 Å². The van der Waals surface area contributed by atoms with Crippen molar-refractivity contribution in [3.05, 3.63) is 56.3 Å². The normalized spacial score (nSPS) is 10.2. The second-order valence-electron chi connectivity index (χ2n) is 2.87. The zero-order chi connectivity index (χ0) is 10.8. The first-order chi connectivity index (χ1) is 7.16. The molecule has 1 N–H and O–H groups in total. The third-order valence-electron chi connectivity index (χ3n) is 1.83. The zero-order valence-corrected chi connectivity index (χ0v) is 8.25. The Bertz CT molecular complexity index is 572. The Morgan fingerprint density at radius 1 is 1.20 bits per heavy atom. The lowest BCUT2D eigenvalue weighted by Crippen LogP contribution is -2.17. The molecular formula is C10H6ClNO3. The minimum Gasteiger partial charge on any atom is -0.409 e. The molecule has 15 heavy (non-hydrogen) atoms. The maximum atomic E-state index is 11.0. The van der Waals surface area contributed by atoms with Crippen LogP contribution in [0.15, 0.2) is 44.3 Å². The smallest absolute Gasteiger partial charge is 0.409 e. The lowest BCUT2D eigenvalue weighted by molar-refractivity contribution is 0.494. The van der Waals surface area contributed by atoms with E-state index < -0.39 is 11.3 Å². The standard InChI is InChI=1S/C10H6ClNO3/c11-7-4-2-1-3-6(7)8-5-9(13)12-10(14)15-8/h1-5H,(H,12,13,14). The third kappa shape index (κ3) is 1.99. The highest BCUT2D eigenvalue weighted by atomic mass is 35.5. The van der Waals surface area contributed by atoms with Crippen molar-refractivity contribution in [3.63, 3.8) is 0 Å². The topological polar surface area (TPSA) is 63.1 Å². The Labute approximate surface area is 89.1 Å². The van der Waals surface area contributed by atoms with Crippen LogP contribution >= 0.6 is 11.6 Å². The van der Waals surface area contributed by atoms with E-state index in [9.17, 15) is 9.59 Å². The van der Waals surface area contributed by atoms with Gasteiger partial charge in [0.05, 0.1) is 5.02 Å². The summed E-state index contributed by atoms with van der Waals surface area (Å²) in [6.45, 7) is 0. The molecule has 0 aliphatic heterocycles. The van der Waals surface area contributed by atoms with Crippen molar-refractivity contribution in [2.75, 3.05) is 0 Å². The van der Waals surface area contributed by atoms with E-state index in [2.05, 4.69) is 0 Å². The van der Waals surface area contributed by atoms with Crippen LogP contribution in [0.4, 0.5) is 0 Å². The first-order valence-electron chi connectivity index (χ1n) is 4.16. The number of halogens is 1. The van der Waals surface area contributed by atoms with Crippen molar-refractivity contribution in [1.82, 2.24) is 4.98 Å². The van der Waals surface area contributed by atoms with Gasteiger partial charge in [0.25, 0.3) is 5.56 Å². The maximum absolute atomic E-state index is 11.0. The van der Waals surface area contributed by atoms with Gasteiger partial charge in [-0.1, -0.05) is 23.7 Å². The van der Waals surface area contributed by atoms with Gasteiger partial charge in [0.1, 0.15) is 5.76 Å². The summed E-state index contributed by atoms with van der Waals surface area (Å²) in [6, 6.07) is 7.99. The number of hydrogen-bond donors (Lipinski definition) is 1. The molecule has 4 nitrogen and oxygen atoms in total. The summed E-state index contributed by atoms with van der Waals surface area (Å²) in [5, 5.41) is 0.422. The Balaban J connectivity index is 2.70. The quantitative estimate of drug-likeness (QED) is 0.800. The van der Waals surface area contributed by atoms with E-state index in [-0.39, 0.29) is 5.76 Å². The molecule has 1 heterocycles. The van der Waals surface area contributed by atoms with Gasteiger partial charge in [0, 0.05) is 11.6 Å². The lowest BCUT2D eigenvalue weighted by atomic mass is 10.2. The minimum atomic E-state index is -0.794. The highest BCUT2D eigenvalue weighted by Crippen LogP contribution is 2.25. The second kappa shape index (κ2) is 3.74. The van der Waals surface area contributed by atoms with Crippen molar-refractivity contribution < 1.29 is 4.42 Å². The largest absolute Gasteiger partial charge is 0.419 e. The number of nitrogens with one attached hydrogen (secondary N) is 1. The minimum absolute atomic E-state index is 0.161. The van der Waals surface area contributed by atoms with Crippen molar-refractivity contribution >= 4 is 11.6 Å². The molecule has 0 radical (unpaired) electrons. The number of rotatable bonds is 1. The predicted molar refractivity (Wildman–Crippen MR) is 56.0 cm³/mol. The molecular weight excluding hydrogens is 218 g/mol. The molecule has 0 fully saturated rings. The van der Waals surface area contributed by atoms with E-state index in [1.807, 2.05) is 4.98 Å². The van der Waals surface area contributed by atoms with Crippen molar-refractivity contribution in [3.8, 4) is 11.3 Å². The van der Waals surface area contributed by atoms with Crippen molar-refractivity contribution in [2.45, 2.75) is 0 Å². The van der Waals surface area contributed by atoms with E-state index in [4.69, 9.17) is 16.0 Å². The van der Waals surface area contributed by atoms with Crippen molar-refractivity contribution in [1.29, 1.82) is 0 Å². The molecule has 0 aliphatic rings. The highest BCUT2D eigenvalue weighted by molar-refractivity contribution is 6.33. The molecule has 0 unspecified atom stereocenters. The molecule has 0 spiro atoms. The van der Waals surface area contributed by atoms with E-state index in [1.54, 1.807) is 24.3 Å². The van der Waals surface area contributed by atoms with Crippen LogP contribution < -0.4 is 11.3 Å². The summed E-state index contributed by atoms with van der Waals surface area (Å²) in [5.74, 6) is -0.633. The molecule has 0 aliphatic carbocycles. The zero-order valence-electron chi connectivity index (χ0n) is 7.49. The van der Waals surface area contributed by atoms with E-state index in [0.29, 0.717) is 10.6 Å². The average Bonchev–Trinajstić information content (AvgIpc) is 2.16. The lowest BCUT2D eigenvalue weighted by Gasteiger charge is -2.00. The van der Waals surface area contributed by atoms with E-state index in [0.717, 1.165) is 0 Å². The monoisotopic (exact) mass is 223 g/mol. The maximum Gasteiger partial charge on any atom is 0.419 e. The van der Waals surface area contributed by atoms with E-state index in [1.165, 1.54) is 6.07 Å². The number of benzene rings is 1. The van der Waals surface area contributed by atoms with Crippen LogP contribution in [-0.4, -0.2) is 4.98 Å². The van der Waals surface area contributed by atoms with Gasteiger partial charge >= 0.3 is 5.76 Å². The molecule has 0 saturated carbocycles. The van der Waals surface area contributed by atoms with Crippen LogP contribution in [-0.2, 0) is 0 Å². The summed E-state index contributed by atoms with van der Waals surface area (Å²) < 4.78 is 4.83. The SMILES string of the molecule is O=c1cc(-c2ccccc2Cl)oc(=O)[nH]1. The van der Waals surface area contributed by atoms with Gasteiger partial charge in [-0.05, 0) is 12.1 Å². The summed E-state index contributed by atoms with van der Waals surface area (Å²) in [7, 11) is 0. The number of H-pyrrole nitrogens is 1. The fourth-order valence-electron chi connectivity index (χ4n) is 1.20. The molecule has 0 saturated heterocycles. The summed E-state index contributed by atoms with van der Waals surface area (Å²) in [4.78, 5) is 23.9. The molecule has 2 aromatic rings. The average molecular weight is 224 g/mol. The van der Waals surface area contributed by atoms with Crippen LogP contribution in [0.3, 0.4) is 0 Å². The number of hydrogen-bond acceptors (Lipinski definition) is 3. The molecule has 0 bridgehead atoms. The molecule has 1 aromatic heterocycles. The highest BCUT2D eigenvalue weighted by Gasteiger charge is 2.06. The molecule has 5 heteroatoms. The Hall–Kier alpha value is -1.81.